The third-order valence-corrected chi connectivity index (χ3v) is 6.67. The smallest absolute Gasteiger partial charge is 0.264 e. The van der Waals surface area contributed by atoms with Crippen molar-refractivity contribution in [2.45, 2.75) is 25.3 Å². The number of amides is 1. The summed E-state index contributed by atoms with van der Waals surface area (Å²) in [7, 11) is -2.34. The van der Waals surface area contributed by atoms with Crippen LogP contribution in [0.1, 0.15) is 16.7 Å². The summed E-state index contributed by atoms with van der Waals surface area (Å²) in [4.78, 5) is 12.9. The van der Waals surface area contributed by atoms with Gasteiger partial charge in [-0.1, -0.05) is 42.5 Å². The first-order valence-electron chi connectivity index (χ1n) is 9.86. The molecule has 0 aliphatic heterocycles. The fourth-order valence-electron chi connectivity index (χ4n) is 3.14. The van der Waals surface area contributed by atoms with Crippen LogP contribution in [0.3, 0.4) is 0 Å². The summed E-state index contributed by atoms with van der Waals surface area (Å²) >= 11 is 0. The molecule has 0 aliphatic carbocycles. The van der Waals surface area contributed by atoms with Crippen molar-refractivity contribution >= 4 is 21.6 Å². The molecule has 1 amide bonds. The number of carbonyl (C=O) groups excluding carboxylic acids is 1. The van der Waals surface area contributed by atoms with Crippen molar-refractivity contribution in [3.8, 4) is 5.75 Å². The minimum absolute atomic E-state index is 0.138. The van der Waals surface area contributed by atoms with Crippen LogP contribution in [0.15, 0.2) is 77.7 Å². The van der Waals surface area contributed by atoms with Gasteiger partial charge in [0.1, 0.15) is 12.3 Å². The van der Waals surface area contributed by atoms with Crippen LogP contribution in [0.2, 0.25) is 0 Å². The number of hydrogen-bond acceptors (Lipinski definition) is 4. The molecule has 0 unspecified atom stereocenters. The van der Waals surface area contributed by atoms with Gasteiger partial charge in [-0.2, -0.15) is 0 Å². The van der Waals surface area contributed by atoms with Gasteiger partial charge in [0.25, 0.3) is 10.0 Å². The molecule has 0 aliphatic rings. The molecule has 0 aromatic heterocycles. The molecule has 0 atom stereocenters. The molecule has 0 saturated heterocycles. The van der Waals surface area contributed by atoms with Crippen LogP contribution in [-0.2, 0) is 21.4 Å². The van der Waals surface area contributed by atoms with E-state index in [1.54, 1.807) is 31.4 Å². The average Bonchev–Trinajstić information content (AvgIpc) is 2.78. The predicted molar refractivity (Wildman–Crippen MR) is 122 cm³/mol. The zero-order valence-electron chi connectivity index (χ0n) is 17.8. The van der Waals surface area contributed by atoms with Gasteiger partial charge in [-0.05, 0) is 60.9 Å². The van der Waals surface area contributed by atoms with Crippen LogP contribution in [0.5, 0.6) is 5.75 Å². The maximum atomic E-state index is 13.4. The topological polar surface area (TPSA) is 75.7 Å². The largest absolute Gasteiger partial charge is 0.497 e. The van der Waals surface area contributed by atoms with Gasteiger partial charge in [0, 0.05) is 6.54 Å². The van der Waals surface area contributed by atoms with Crippen molar-refractivity contribution in [2.24, 2.45) is 0 Å². The summed E-state index contributed by atoms with van der Waals surface area (Å²) in [5.41, 5.74) is 3.06. The number of anilines is 1. The third-order valence-electron chi connectivity index (χ3n) is 4.90. The van der Waals surface area contributed by atoms with Crippen LogP contribution in [0.25, 0.3) is 0 Å². The van der Waals surface area contributed by atoms with Crippen molar-refractivity contribution < 1.29 is 17.9 Å². The Morgan fingerprint density at radius 2 is 1.65 bits per heavy atom. The quantitative estimate of drug-likeness (QED) is 0.580. The minimum Gasteiger partial charge on any atom is -0.497 e. The highest BCUT2D eigenvalue weighted by Crippen LogP contribution is 2.27. The molecular formula is C24H26N2O4S. The maximum absolute atomic E-state index is 13.4. The van der Waals surface area contributed by atoms with Gasteiger partial charge in [-0.3, -0.25) is 9.10 Å². The number of sulfonamides is 1. The Kier molecular flexibility index (Phi) is 6.97. The van der Waals surface area contributed by atoms with Gasteiger partial charge < -0.3 is 10.1 Å². The molecule has 31 heavy (non-hydrogen) atoms. The number of nitrogens with zero attached hydrogens (tertiary/aromatic N) is 1. The normalized spacial score (nSPS) is 11.1. The Hall–Kier alpha value is -3.32. The second-order valence-corrected chi connectivity index (χ2v) is 9.10. The number of rotatable bonds is 8. The minimum atomic E-state index is -3.92. The van der Waals surface area contributed by atoms with E-state index in [-0.39, 0.29) is 18.0 Å². The number of carbonyl (C=O) groups is 1. The lowest BCUT2D eigenvalue weighted by Crippen LogP contribution is -2.41. The SMILES string of the molecule is COc1ccc(CNC(=O)CN(c2cc(C)ccc2C)S(=O)(=O)c2ccccc2)cc1. The first-order valence-corrected chi connectivity index (χ1v) is 11.3. The molecule has 162 valence electrons. The van der Waals surface area contributed by atoms with Crippen molar-refractivity contribution in [3.63, 3.8) is 0 Å². The molecule has 3 aromatic carbocycles. The van der Waals surface area contributed by atoms with Gasteiger partial charge in [0.05, 0.1) is 17.7 Å². The van der Waals surface area contributed by atoms with E-state index >= 15 is 0 Å². The summed E-state index contributed by atoms with van der Waals surface area (Å²) in [5.74, 6) is 0.335. The molecular weight excluding hydrogens is 412 g/mol. The highest BCUT2D eigenvalue weighted by molar-refractivity contribution is 7.92. The van der Waals surface area contributed by atoms with Crippen LogP contribution < -0.4 is 14.4 Å². The van der Waals surface area contributed by atoms with Gasteiger partial charge in [-0.25, -0.2) is 8.42 Å². The molecule has 0 bridgehead atoms. The van der Waals surface area contributed by atoms with E-state index in [0.29, 0.717) is 5.69 Å². The average molecular weight is 439 g/mol. The van der Waals surface area contributed by atoms with Crippen LogP contribution in [0, 0.1) is 13.8 Å². The standard InChI is InChI=1S/C24H26N2O4S/c1-18-9-10-19(2)23(15-18)26(31(28,29)22-7-5-4-6-8-22)17-24(27)25-16-20-11-13-21(30-3)14-12-20/h4-15H,16-17H2,1-3H3,(H,25,27). The lowest BCUT2D eigenvalue weighted by molar-refractivity contribution is -0.119. The maximum Gasteiger partial charge on any atom is 0.264 e. The van der Waals surface area contributed by atoms with Crippen LogP contribution in [0.4, 0.5) is 5.69 Å². The van der Waals surface area contributed by atoms with Crippen molar-refractivity contribution in [1.82, 2.24) is 5.32 Å². The molecule has 0 spiro atoms. The molecule has 1 N–H and O–H groups in total. The number of ether oxygens (including phenoxy) is 1. The second-order valence-electron chi connectivity index (χ2n) is 7.24. The summed E-state index contributed by atoms with van der Waals surface area (Å²) in [5, 5.41) is 2.81. The molecule has 0 fully saturated rings. The second kappa shape index (κ2) is 9.66. The van der Waals surface area contributed by atoms with Crippen LogP contribution >= 0.6 is 0 Å². The summed E-state index contributed by atoms with van der Waals surface area (Å²) in [6, 6.07) is 21.0. The van der Waals surface area contributed by atoms with E-state index in [2.05, 4.69) is 5.32 Å². The number of nitrogens with one attached hydrogen (secondary N) is 1. The van der Waals surface area contributed by atoms with Gasteiger partial charge >= 0.3 is 0 Å². The first-order chi connectivity index (χ1) is 14.8. The zero-order valence-corrected chi connectivity index (χ0v) is 18.6. The highest BCUT2D eigenvalue weighted by Gasteiger charge is 2.28. The van der Waals surface area contributed by atoms with E-state index in [0.717, 1.165) is 22.4 Å². The summed E-state index contributed by atoms with van der Waals surface area (Å²) < 4.78 is 33.1. The Bertz CT molecular complexity index is 1140. The zero-order chi connectivity index (χ0) is 22.4. The Morgan fingerprint density at radius 3 is 2.29 bits per heavy atom. The van der Waals surface area contributed by atoms with Gasteiger partial charge in [0.2, 0.25) is 5.91 Å². The van der Waals surface area contributed by atoms with Gasteiger partial charge in [0.15, 0.2) is 0 Å². The molecule has 0 saturated carbocycles. The number of methoxy groups -OCH3 is 1. The lowest BCUT2D eigenvalue weighted by Gasteiger charge is -2.26. The van der Waals surface area contributed by atoms with Gasteiger partial charge in [-0.15, -0.1) is 0 Å². The number of benzene rings is 3. The molecule has 3 rings (SSSR count). The third kappa shape index (κ3) is 5.44. The Morgan fingerprint density at radius 1 is 0.968 bits per heavy atom. The molecule has 6 nitrogen and oxygen atoms in total. The van der Waals surface area contributed by atoms with E-state index in [1.807, 2.05) is 50.2 Å². The van der Waals surface area contributed by atoms with E-state index < -0.39 is 15.9 Å². The van der Waals surface area contributed by atoms with Crippen LogP contribution in [-0.4, -0.2) is 28.0 Å². The fraction of sp³-hybridized carbons (Fsp3) is 0.208. The Labute approximate surface area is 183 Å². The number of hydrogen-bond donors (Lipinski definition) is 1. The van der Waals surface area contributed by atoms with Crippen molar-refractivity contribution in [2.75, 3.05) is 18.0 Å². The first kappa shape index (κ1) is 22.4. The van der Waals surface area contributed by atoms with E-state index in [9.17, 15) is 13.2 Å². The molecule has 7 heteroatoms. The predicted octanol–water partition coefficient (Wildman–Crippen LogP) is 3.82. The lowest BCUT2D eigenvalue weighted by atomic mass is 10.1. The molecule has 3 aromatic rings. The van der Waals surface area contributed by atoms with Crippen molar-refractivity contribution in [3.05, 3.63) is 89.5 Å². The monoisotopic (exact) mass is 438 g/mol. The highest BCUT2D eigenvalue weighted by atomic mass is 32.2. The van der Waals surface area contributed by atoms with E-state index in [1.165, 1.54) is 16.4 Å². The number of aryl methyl sites for hydroxylation is 2. The summed E-state index contributed by atoms with van der Waals surface area (Å²) in [6.45, 7) is 3.68. The molecule has 0 radical (unpaired) electrons. The summed E-state index contributed by atoms with van der Waals surface area (Å²) in [6.07, 6.45) is 0. The van der Waals surface area contributed by atoms with E-state index in [4.69, 9.17) is 4.74 Å². The molecule has 0 heterocycles. The fourth-order valence-corrected chi connectivity index (χ4v) is 4.64. The Balaban J connectivity index is 1.86. The van der Waals surface area contributed by atoms with Crippen molar-refractivity contribution in [1.29, 1.82) is 0 Å².